The van der Waals surface area contributed by atoms with Crippen LogP contribution in [0.1, 0.15) is 30.4 Å². The summed E-state index contributed by atoms with van der Waals surface area (Å²) in [5.74, 6) is -0.160. The minimum Gasteiger partial charge on any atom is -0.465 e. The molecule has 0 amide bonds. The molecule has 0 spiro atoms. The van der Waals surface area contributed by atoms with Crippen LogP contribution < -0.4 is 5.73 Å². The van der Waals surface area contributed by atoms with Gasteiger partial charge < -0.3 is 10.5 Å². The number of ether oxygens (including phenoxy) is 1. The molecule has 0 heterocycles. The first-order chi connectivity index (χ1) is 7.58. The number of nitrogens with two attached hydrogens (primary N) is 1. The van der Waals surface area contributed by atoms with Gasteiger partial charge in [-0.05, 0) is 25.8 Å². The number of carbonyl (C=O) groups excluding carboxylic acids is 1. The Morgan fingerprint density at radius 1 is 1.50 bits per heavy atom. The molecule has 1 aliphatic rings. The lowest BCUT2D eigenvalue weighted by atomic mass is 10.1. The number of hydrogen-bond donors (Lipinski definition) is 1. The highest BCUT2D eigenvalue weighted by molar-refractivity contribution is 5.86. The van der Waals surface area contributed by atoms with Crippen LogP contribution in [0.5, 0.6) is 0 Å². The van der Waals surface area contributed by atoms with Gasteiger partial charge in [0.2, 0.25) is 0 Å². The van der Waals surface area contributed by atoms with Crippen LogP contribution in [0.2, 0.25) is 0 Å². The zero-order chi connectivity index (χ0) is 11.8. The SMILES string of the molecule is CCOC(=O)C1(N)CC1c1ccc(C)cc1. The van der Waals surface area contributed by atoms with Gasteiger partial charge in [-0.15, -0.1) is 0 Å². The maximum absolute atomic E-state index is 11.6. The molecule has 1 saturated carbocycles. The lowest BCUT2D eigenvalue weighted by Crippen LogP contribution is -2.36. The van der Waals surface area contributed by atoms with Crippen molar-refractivity contribution in [2.24, 2.45) is 5.73 Å². The van der Waals surface area contributed by atoms with Gasteiger partial charge in [0.15, 0.2) is 0 Å². The second kappa shape index (κ2) is 3.91. The highest BCUT2D eigenvalue weighted by atomic mass is 16.5. The third kappa shape index (κ3) is 1.83. The van der Waals surface area contributed by atoms with Crippen molar-refractivity contribution in [3.05, 3.63) is 35.4 Å². The summed E-state index contributed by atoms with van der Waals surface area (Å²) in [6.07, 6.45) is 0.689. The van der Waals surface area contributed by atoms with Crippen LogP contribution in [0.4, 0.5) is 0 Å². The molecular formula is C13H17NO2. The zero-order valence-electron chi connectivity index (χ0n) is 9.69. The fourth-order valence-corrected chi connectivity index (χ4v) is 1.98. The minimum absolute atomic E-state index is 0.118. The smallest absolute Gasteiger partial charge is 0.326 e. The van der Waals surface area contributed by atoms with Crippen LogP contribution in [0.15, 0.2) is 24.3 Å². The Labute approximate surface area is 95.6 Å². The maximum atomic E-state index is 11.6. The molecule has 1 aromatic rings. The molecule has 1 aromatic carbocycles. The van der Waals surface area contributed by atoms with Gasteiger partial charge in [0, 0.05) is 5.92 Å². The quantitative estimate of drug-likeness (QED) is 0.788. The Hall–Kier alpha value is -1.35. The maximum Gasteiger partial charge on any atom is 0.326 e. The molecule has 2 N–H and O–H groups in total. The molecule has 0 saturated heterocycles. The molecule has 0 aromatic heterocycles. The molecule has 3 nitrogen and oxygen atoms in total. The minimum atomic E-state index is -0.786. The van der Waals surface area contributed by atoms with E-state index >= 15 is 0 Å². The van der Waals surface area contributed by atoms with Crippen molar-refractivity contribution in [3.8, 4) is 0 Å². The summed E-state index contributed by atoms with van der Waals surface area (Å²) >= 11 is 0. The zero-order valence-corrected chi connectivity index (χ0v) is 9.69. The Bertz CT molecular complexity index is 399. The van der Waals surface area contributed by atoms with E-state index in [0.29, 0.717) is 13.0 Å². The number of aryl methyl sites for hydroxylation is 1. The second-order valence-electron chi connectivity index (χ2n) is 4.43. The van der Waals surface area contributed by atoms with Crippen LogP contribution in [0.3, 0.4) is 0 Å². The number of esters is 1. The summed E-state index contributed by atoms with van der Waals surface area (Å²) in [7, 11) is 0. The van der Waals surface area contributed by atoms with Gasteiger partial charge in [0.05, 0.1) is 6.61 Å². The molecule has 2 rings (SSSR count). The molecular weight excluding hydrogens is 202 g/mol. The highest BCUT2D eigenvalue weighted by Crippen LogP contribution is 2.50. The molecule has 1 aliphatic carbocycles. The lowest BCUT2D eigenvalue weighted by molar-refractivity contribution is -0.145. The third-order valence-electron chi connectivity index (χ3n) is 3.14. The number of hydrogen-bond acceptors (Lipinski definition) is 3. The highest BCUT2D eigenvalue weighted by Gasteiger charge is 2.58. The molecule has 0 aliphatic heterocycles. The molecule has 1 fully saturated rings. The Balaban J connectivity index is 2.10. The standard InChI is InChI=1S/C13H17NO2/c1-3-16-12(15)13(14)8-11(13)10-6-4-9(2)5-7-10/h4-7,11H,3,8,14H2,1-2H3. The molecule has 86 valence electrons. The van der Waals surface area contributed by atoms with E-state index in [0.717, 1.165) is 5.56 Å². The molecule has 3 heteroatoms. The first-order valence-electron chi connectivity index (χ1n) is 5.60. The van der Waals surface area contributed by atoms with E-state index in [-0.39, 0.29) is 11.9 Å². The third-order valence-corrected chi connectivity index (χ3v) is 3.14. The van der Waals surface area contributed by atoms with Gasteiger partial charge in [-0.2, -0.15) is 0 Å². The number of benzene rings is 1. The fraction of sp³-hybridized carbons (Fsp3) is 0.462. The van der Waals surface area contributed by atoms with E-state index in [2.05, 4.69) is 0 Å². The van der Waals surface area contributed by atoms with Crippen molar-refractivity contribution in [3.63, 3.8) is 0 Å². The van der Waals surface area contributed by atoms with Gasteiger partial charge in [-0.3, -0.25) is 4.79 Å². The Kier molecular flexibility index (Phi) is 2.72. The van der Waals surface area contributed by atoms with E-state index in [1.807, 2.05) is 31.2 Å². The second-order valence-corrected chi connectivity index (χ2v) is 4.43. The van der Waals surface area contributed by atoms with Crippen LogP contribution >= 0.6 is 0 Å². The number of rotatable bonds is 3. The first kappa shape index (κ1) is 11.1. The van der Waals surface area contributed by atoms with Crippen LogP contribution in [0, 0.1) is 6.92 Å². The van der Waals surface area contributed by atoms with Gasteiger partial charge in [-0.1, -0.05) is 29.8 Å². The molecule has 2 unspecified atom stereocenters. The average Bonchev–Trinajstić information content (AvgIpc) is 2.94. The van der Waals surface area contributed by atoms with E-state index in [9.17, 15) is 4.79 Å². The van der Waals surface area contributed by atoms with Crippen LogP contribution in [-0.2, 0) is 9.53 Å². The van der Waals surface area contributed by atoms with E-state index in [4.69, 9.17) is 10.5 Å². The molecule has 16 heavy (non-hydrogen) atoms. The van der Waals surface area contributed by atoms with Crippen molar-refractivity contribution >= 4 is 5.97 Å². The Morgan fingerprint density at radius 3 is 2.69 bits per heavy atom. The molecule has 2 atom stereocenters. The summed E-state index contributed by atoms with van der Waals surface area (Å²) in [5, 5.41) is 0. The van der Waals surface area contributed by atoms with E-state index in [1.165, 1.54) is 5.56 Å². The van der Waals surface area contributed by atoms with Gasteiger partial charge in [0.1, 0.15) is 5.54 Å². The molecule has 0 bridgehead atoms. The van der Waals surface area contributed by atoms with E-state index in [1.54, 1.807) is 6.92 Å². The predicted octanol–water partition coefficient (Wildman–Crippen LogP) is 1.74. The van der Waals surface area contributed by atoms with Crippen LogP contribution in [-0.4, -0.2) is 18.1 Å². The van der Waals surface area contributed by atoms with Crippen molar-refractivity contribution in [1.82, 2.24) is 0 Å². The summed E-state index contributed by atoms with van der Waals surface area (Å²) in [4.78, 5) is 11.6. The van der Waals surface area contributed by atoms with Crippen molar-refractivity contribution in [2.75, 3.05) is 6.61 Å². The lowest BCUT2D eigenvalue weighted by Gasteiger charge is -2.10. The topological polar surface area (TPSA) is 52.3 Å². The van der Waals surface area contributed by atoms with Crippen molar-refractivity contribution in [1.29, 1.82) is 0 Å². The van der Waals surface area contributed by atoms with Crippen molar-refractivity contribution in [2.45, 2.75) is 31.7 Å². The number of carbonyl (C=O) groups is 1. The predicted molar refractivity (Wildman–Crippen MR) is 62.1 cm³/mol. The fourth-order valence-electron chi connectivity index (χ4n) is 1.98. The average molecular weight is 219 g/mol. The summed E-state index contributed by atoms with van der Waals surface area (Å²) < 4.78 is 4.98. The van der Waals surface area contributed by atoms with Crippen LogP contribution in [0.25, 0.3) is 0 Å². The van der Waals surface area contributed by atoms with E-state index < -0.39 is 5.54 Å². The van der Waals surface area contributed by atoms with Gasteiger partial charge in [-0.25, -0.2) is 0 Å². The van der Waals surface area contributed by atoms with Gasteiger partial charge >= 0.3 is 5.97 Å². The largest absolute Gasteiger partial charge is 0.465 e. The monoisotopic (exact) mass is 219 g/mol. The molecule has 0 radical (unpaired) electrons. The first-order valence-corrected chi connectivity index (χ1v) is 5.60. The summed E-state index contributed by atoms with van der Waals surface area (Å²) in [6.45, 7) is 4.22. The van der Waals surface area contributed by atoms with Crippen molar-refractivity contribution < 1.29 is 9.53 Å². The summed E-state index contributed by atoms with van der Waals surface area (Å²) in [5.41, 5.74) is 7.57. The summed E-state index contributed by atoms with van der Waals surface area (Å²) in [6, 6.07) is 8.15. The Morgan fingerprint density at radius 2 is 2.12 bits per heavy atom. The normalized spacial score (nSPS) is 27.6. The van der Waals surface area contributed by atoms with Gasteiger partial charge in [0.25, 0.3) is 0 Å².